The molecule has 0 atom stereocenters. The normalized spacial score (nSPS) is 11.1. The summed E-state index contributed by atoms with van der Waals surface area (Å²) in [5.74, 6) is -0.653. The summed E-state index contributed by atoms with van der Waals surface area (Å²) in [5.41, 5.74) is 2.10. The molecular weight excluding hydrogens is 316 g/mol. The Balaban J connectivity index is 2.10. The number of hydrogen-bond donors (Lipinski definition) is 1. The standard InChI is InChI=1S/C21H14O4/c1-12-8-9-14-17(22)11-19(25-18(14)10-12)15-6-2-4-13-5-3-7-16(20(13)15)21(23)24/h2-11H,1H3,(H,23,24). The summed E-state index contributed by atoms with van der Waals surface area (Å²) in [5, 5.41) is 11.4. The van der Waals surface area contributed by atoms with Crippen molar-refractivity contribution in [1.82, 2.24) is 0 Å². The average molecular weight is 330 g/mol. The van der Waals surface area contributed by atoms with Crippen LogP contribution in [0, 0.1) is 6.92 Å². The molecule has 0 aliphatic rings. The Labute approximate surface area is 143 Å². The van der Waals surface area contributed by atoms with Crippen molar-refractivity contribution in [2.24, 2.45) is 0 Å². The molecule has 122 valence electrons. The molecule has 4 rings (SSSR count). The van der Waals surface area contributed by atoms with Crippen molar-refractivity contribution in [1.29, 1.82) is 0 Å². The zero-order valence-electron chi connectivity index (χ0n) is 13.4. The minimum atomic E-state index is -1.02. The zero-order valence-corrected chi connectivity index (χ0v) is 13.4. The maximum absolute atomic E-state index is 12.5. The van der Waals surface area contributed by atoms with Crippen molar-refractivity contribution in [2.75, 3.05) is 0 Å². The number of carbonyl (C=O) groups is 1. The molecule has 0 aliphatic carbocycles. The van der Waals surface area contributed by atoms with Gasteiger partial charge in [-0.1, -0.05) is 36.4 Å². The first kappa shape index (κ1) is 15.1. The van der Waals surface area contributed by atoms with E-state index in [9.17, 15) is 14.7 Å². The minimum Gasteiger partial charge on any atom is -0.478 e. The van der Waals surface area contributed by atoms with Gasteiger partial charge in [-0.05, 0) is 36.1 Å². The van der Waals surface area contributed by atoms with Crippen LogP contribution in [0.5, 0.6) is 0 Å². The molecule has 4 aromatic rings. The van der Waals surface area contributed by atoms with Crippen LogP contribution < -0.4 is 5.43 Å². The molecule has 1 heterocycles. The van der Waals surface area contributed by atoms with Gasteiger partial charge in [-0.25, -0.2) is 4.79 Å². The van der Waals surface area contributed by atoms with Crippen LogP contribution in [-0.2, 0) is 0 Å². The van der Waals surface area contributed by atoms with E-state index in [0.29, 0.717) is 27.7 Å². The van der Waals surface area contributed by atoms with Gasteiger partial charge in [-0.15, -0.1) is 0 Å². The zero-order chi connectivity index (χ0) is 17.6. The second kappa shape index (κ2) is 5.60. The summed E-state index contributed by atoms with van der Waals surface area (Å²) in [6.07, 6.45) is 0. The summed E-state index contributed by atoms with van der Waals surface area (Å²) in [7, 11) is 0. The van der Waals surface area contributed by atoms with Crippen LogP contribution in [0.4, 0.5) is 0 Å². The van der Waals surface area contributed by atoms with E-state index in [1.165, 1.54) is 6.07 Å². The first-order chi connectivity index (χ1) is 12.0. The fourth-order valence-electron chi connectivity index (χ4n) is 3.12. The molecule has 1 N–H and O–H groups in total. The molecular formula is C21H14O4. The Kier molecular flexibility index (Phi) is 3.39. The van der Waals surface area contributed by atoms with Gasteiger partial charge in [0, 0.05) is 17.0 Å². The smallest absolute Gasteiger partial charge is 0.336 e. The Bertz CT molecular complexity index is 1200. The summed E-state index contributed by atoms with van der Waals surface area (Å²) < 4.78 is 5.96. The second-order valence-corrected chi connectivity index (χ2v) is 5.99. The highest BCUT2D eigenvalue weighted by Gasteiger charge is 2.15. The first-order valence-corrected chi connectivity index (χ1v) is 7.84. The van der Waals surface area contributed by atoms with Gasteiger partial charge in [0.1, 0.15) is 11.3 Å². The fraction of sp³-hybridized carbons (Fsp3) is 0.0476. The number of benzene rings is 3. The number of rotatable bonds is 2. The number of carboxylic acids is 1. The lowest BCUT2D eigenvalue weighted by atomic mass is 9.97. The number of hydrogen-bond acceptors (Lipinski definition) is 3. The molecule has 0 saturated carbocycles. The van der Waals surface area contributed by atoms with E-state index in [2.05, 4.69) is 0 Å². The van der Waals surface area contributed by atoms with Gasteiger partial charge in [0.25, 0.3) is 0 Å². The Morgan fingerprint density at radius 3 is 2.52 bits per heavy atom. The molecule has 4 nitrogen and oxygen atoms in total. The minimum absolute atomic E-state index is 0.152. The molecule has 0 aliphatic heterocycles. The van der Waals surface area contributed by atoms with Crippen molar-refractivity contribution in [3.63, 3.8) is 0 Å². The van der Waals surface area contributed by atoms with Crippen LogP contribution in [0.2, 0.25) is 0 Å². The predicted octanol–water partition coefficient (Wildman–Crippen LogP) is 4.62. The number of carboxylic acid groups (broad SMARTS) is 1. The molecule has 0 unspecified atom stereocenters. The van der Waals surface area contributed by atoms with Gasteiger partial charge in [0.05, 0.1) is 10.9 Å². The fourth-order valence-corrected chi connectivity index (χ4v) is 3.12. The van der Waals surface area contributed by atoms with Crippen LogP contribution in [0.15, 0.2) is 69.9 Å². The Hall–Kier alpha value is -3.40. The van der Waals surface area contributed by atoms with Gasteiger partial charge in [0.15, 0.2) is 5.43 Å². The molecule has 1 aromatic heterocycles. The molecule has 0 spiro atoms. The van der Waals surface area contributed by atoms with E-state index in [-0.39, 0.29) is 11.0 Å². The number of fused-ring (bicyclic) bond motifs is 2. The van der Waals surface area contributed by atoms with Crippen LogP contribution in [0.1, 0.15) is 15.9 Å². The van der Waals surface area contributed by atoms with E-state index in [4.69, 9.17) is 4.42 Å². The number of aryl methyl sites for hydroxylation is 1. The third-order valence-electron chi connectivity index (χ3n) is 4.29. The molecule has 0 saturated heterocycles. The van der Waals surface area contributed by atoms with Gasteiger partial charge >= 0.3 is 5.97 Å². The predicted molar refractivity (Wildman–Crippen MR) is 97.1 cm³/mol. The molecule has 0 fully saturated rings. The van der Waals surface area contributed by atoms with Crippen molar-refractivity contribution in [3.05, 3.63) is 82.0 Å². The van der Waals surface area contributed by atoms with Crippen LogP contribution in [0.3, 0.4) is 0 Å². The molecule has 4 heteroatoms. The Morgan fingerprint density at radius 2 is 1.76 bits per heavy atom. The highest BCUT2D eigenvalue weighted by atomic mass is 16.4. The second-order valence-electron chi connectivity index (χ2n) is 5.99. The molecule has 0 amide bonds. The molecule has 0 bridgehead atoms. The van der Waals surface area contributed by atoms with Crippen LogP contribution in [-0.4, -0.2) is 11.1 Å². The monoisotopic (exact) mass is 330 g/mol. The quantitative estimate of drug-likeness (QED) is 0.582. The van der Waals surface area contributed by atoms with E-state index in [1.807, 2.05) is 37.3 Å². The molecule has 25 heavy (non-hydrogen) atoms. The highest BCUT2D eigenvalue weighted by Crippen LogP contribution is 2.32. The van der Waals surface area contributed by atoms with Gasteiger partial charge in [0.2, 0.25) is 0 Å². The topological polar surface area (TPSA) is 67.5 Å². The molecule has 3 aromatic carbocycles. The average Bonchev–Trinajstić information content (AvgIpc) is 2.60. The lowest BCUT2D eigenvalue weighted by Crippen LogP contribution is -2.02. The third-order valence-corrected chi connectivity index (χ3v) is 4.29. The van der Waals surface area contributed by atoms with E-state index in [1.54, 1.807) is 24.3 Å². The third kappa shape index (κ3) is 2.48. The summed E-state index contributed by atoms with van der Waals surface area (Å²) in [4.78, 5) is 24.1. The summed E-state index contributed by atoms with van der Waals surface area (Å²) in [6.45, 7) is 1.92. The highest BCUT2D eigenvalue weighted by molar-refractivity contribution is 6.09. The van der Waals surface area contributed by atoms with E-state index >= 15 is 0 Å². The lowest BCUT2D eigenvalue weighted by molar-refractivity contribution is 0.0699. The van der Waals surface area contributed by atoms with Crippen molar-refractivity contribution < 1.29 is 14.3 Å². The maximum atomic E-state index is 12.5. The SMILES string of the molecule is Cc1ccc2c(=O)cc(-c3cccc4cccc(C(=O)O)c34)oc2c1. The van der Waals surface area contributed by atoms with Crippen molar-refractivity contribution in [3.8, 4) is 11.3 Å². The van der Waals surface area contributed by atoms with Crippen molar-refractivity contribution in [2.45, 2.75) is 6.92 Å². The van der Waals surface area contributed by atoms with E-state index < -0.39 is 5.97 Å². The number of aromatic carboxylic acids is 1. The Morgan fingerprint density at radius 1 is 1.00 bits per heavy atom. The van der Waals surface area contributed by atoms with Crippen LogP contribution in [0.25, 0.3) is 33.1 Å². The maximum Gasteiger partial charge on any atom is 0.336 e. The van der Waals surface area contributed by atoms with Crippen molar-refractivity contribution >= 4 is 27.7 Å². The lowest BCUT2D eigenvalue weighted by Gasteiger charge is -2.10. The first-order valence-electron chi connectivity index (χ1n) is 7.84. The largest absolute Gasteiger partial charge is 0.478 e. The van der Waals surface area contributed by atoms with E-state index in [0.717, 1.165) is 10.9 Å². The van der Waals surface area contributed by atoms with Crippen LogP contribution >= 0.6 is 0 Å². The van der Waals surface area contributed by atoms with Gasteiger partial charge in [-0.3, -0.25) is 4.79 Å². The van der Waals surface area contributed by atoms with Gasteiger partial charge in [-0.2, -0.15) is 0 Å². The summed E-state index contributed by atoms with van der Waals surface area (Å²) >= 11 is 0. The summed E-state index contributed by atoms with van der Waals surface area (Å²) in [6, 6.07) is 17.4. The van der Waals surface area contributed by atoms with Gasteiger partial charge < -0.3 is 9.52 Å². The molecule has 0 radical (unpaired) electrons.